The third-order valence-electron chi connectivity index (χ3n) is 7.21. The van der Waals surface area contributed by atoms with E-state index in [4.69, 9.17) is 10.1 Å². The zero-order valence-electron chi connectivity index (χ0n) is 23.1. The van der Waals surface area contributed by atoms with Crippen LogP contribution in [0.15, 0.2) is 117 Å². The van der Waals surface area contributed by atoms with Crippen LogP contribution in [0.25, 0.3) is 27.7 Å². The van der Waals surface area contributed by atoms with E-state index in [0.29, 0.717) is 27.5 Å². The smallest absolute Gasteiger partial charge is 0.283 e. The number of hydrogen-bond donors (Lipinski definition) is 0. The van der Waals surface area contributed by atoms with Crippen molar-refractivity contribution in [2.45, 2.75) is 13.8 Å². The molecule has 0 amide bonds. The molecule has 0 aliphatic carbocycles. The number of hydrogen-bond acceptors (Lipinski definition) is 6. The summed E-state index contributed by atoms with van der Waals surface area (Å²) in [6.45, 7) is 3.66. The van der Waals surface area contributed by atoms with Crippen molar-refractivity contribution in [3.05, 3.63) is 139 Å². The zero-order valence-corrected chi connectivity index (χ0v) is 23.9. The number of benzene rings is 4. The SMILES string of the molecule is CC(=Nn1c(-c2cccc3ccccc23)csc1=Nc1c(C)n(C)n(-c2ccccc2)c1=O)c1cccc([N+](=O)[O-])c1. The van der Waals surface area contributed by atoms with Crippen LogP contribution in [0.3, 0.4) is 0 Å². The minimum absolute atomic E-state index is 0.0158. The van der Waals surface area contributed by atoms with Crippen molar-refractivity contribution < 1.29 is 4.92 Å². The van der Waals surface area contributed by atoms with Crippen molar-refractivity contribution in [3.63, 3.8) is 0 Å². The van der Waals surface area contributed by atoms with E-state index in [1.807, 2.05) is 73.9 Å². The molecule has 9 nitrogen and oxygen atoms in total. The van der Waals surface area contributed by atoms with Gasteiger partial charge in [0.05, 0.1) is 27.7 Å². The van der Waals surface area contributed by atoms with Crippen molar-refractivity contribution in [1.29, 1.82) is 0 Å². The van der Waals surface area contributed by atoms with E-state index < -0.39 is 4.92 Å². The molecule has 0 fully saturated rings. The highest BCUT2D eigenvalue weighted by molar-refractivity contribution is 7.07. The molecule has 2 heterocycles. The minimum atomic E-state index is -0.424. The molecule has 0 aliphatic heterocycles. The molecular formula is C32H26N6O3S. The molecule has 42 heavy (non-hydrogen) atoms. The Morgan fingerprint density at radius 1 is 0.929 bits per heavy atom. The Balaban J connectivity index is 1.60. The quantitative estimate of drug-likeness (QED) is 0.128. The van der Waals surface area contributed by atoms with Gasteiger partial charge in [-0.25, -0.2) is 14.4 Å². The van der Waals surface area contributed by atoms with Crippen molar-refractivity contribution >= 4 is 39.2 Å². The van der Waals surface area contributed by atoms with E-state index in [1.165, 1.54) is 23.5 Å². The van der Waals surface area contributed by atoms with Gasteiger partial charge in [0.15, 0.2) is 5.69 Å². The molecule has 0 atom stereocenters. The number of non-ortho nitro benzene ring substituents is 1. The van der Waals surface area contributed by atoms with Gasteiger partial charge in [0.1, 0.15) is 0 Å². The van der Waals surface area contributed by atoms with Gasteiger partial charge in [-0.1, -0.05) is 72.8 Å². The molecule has 0 unspecified atom stereocenters. The molecule has 4 aromatic carbocycles. The fraction of sp³-hybridized carbons (Fsp3) is 0.0938. The van der Waals surface area contributed by atoms with Crippen LogP contribution in [0.2, 0.25) is 0 Å². The molecular weight excluding hydrogens is 548 g/mol. The van der Waals surface area contributed by atoms with Gasteiger partial charge in [0.25, 0.3) is 11.2 Å². The van der Waals surface area contributed by atoms with Gasteiger partial charge in [-0.05, 0) is 36.8 Å². The van der Waals surface area contributed by atoms with Crippen molar-refractivity contribution in [2.24, 2.45) is 17.1 Å². The molecule has 0 saturated carbocycles. The molecule has 6 aromatic rings. The van der Waals surface area contributed by atoms with Gasteiger partial charge in [0.2, 0.25) is 4.80 Å². The molecule has 6 rings (SSSR count). The number of rotatable bonds is 6. The van der Waals surface area contributed by atoms with Crippen LogP contribution >= 0.6 is 11.3 Å². The number of nitrogens with zero attached hydrogens (tertiary/aromatic N) is 6. The first-order valence-corrected chi connectivity index (χ1v) is 14.1. The summed E-state index contributed by atoms with van der Waals surface area (Å²) in [5, 5.41) is 20.4. The highest BCUT2D eigenvalue weighted by Gasteiger charge is 2.18. The molecule has 2 aromatic heterocycles. The maximum Gasteiger partial charge on any atom is 0.297 e. The fourth-order valence-corrected chi connectivity index (χ4v) is 5.77. The summed E-state index contributed by atoms with van der Waals surface area (Å²) in [7, 11) is 1.83. The van der Waals surface area contributed by atoms with Gasteiger partial charge in [-0.15, -0.1) is 11.3 Å². The van der Waals surface area contributed by atoms with E-state index in [9.17, 15) is 14.9 Å². The number of para-hydroxylation sites is 1. The Morgan fingerprint density at radius 3 is 2.43 bits per heavy atom. The van der Waals surface area contributed by atoms with Gasteiger partial charge in [0, 0.05) is 35.7 Å². The predicted octanol–water partition coefficient (Wildman–Crippen LogP) is 6.58. The van der Waals surface area contributed by atoms with Crippen molar-refractivity contribution in [3.8, 4) is 16.9 Å². The summed E-state index contributed by atoms with van der Waals surface area (Å²) in [6, 6.07) is 30.0. The van der Waals surface area contributed by atoms with E-state index in [-0.39, 0.29) is 11.2 Å². The van der Waals surface area contributed by atoms with Crippen LogP contribution in [0.1, 0.15) is 18.2 Å². The lowest BCUT2D eigenvalue weighted by molar-refractivity contribution is -0.384. The Bertz CT molecular complexity index is 2130. The first-order chi connectivity index (χ1) is 20.3. The highest BCUT2D eigenvalue weighted by Crippen LogP contribution is 2.29. The third kappa shape index (κ3) is 4.77. The largest absolute Gasteiger partial charge is 0.297 e. The summed E-state index contributed by atoms with van der Waals surface area (Å²) in [6.07, 6.45) is 0. The van der Waals surface area contributed by atoms with E-state index in [0.717, 1.165) is 27.7 Å². The van der Waals surface area contributed by atoms with E-state index in [2.05, 4.69) is 18.2 Å². The average molecular weight is 575 g/mol. The summed E-state index contributed by atoms with van der Waals surface area (Å²) >= 11 is 1.37. The second-order valence-corrected chi connectivity index (χ2v) is 10.6. The molecule has 208 valence electrons. The topological polar surface area (TPSA) is 99.7 Å². The fourth-order valence-electron chi connectivity index (χ4n) is 4.94. The summed E-state index contributed by atoms with van der Waals surface area (Å²) in [5.74, 6) is 0. The second kappa shape index (κ2) is 10.9. The van der Waals surface area contributed by atoms with Crippen LogP contribution in [-0.2, 0) is 7.05 Å². The maximum atomic E-state index is 13.7. The van der Waals surface area contributed by atoms with Gasteiger partial charge in [-0.3, -0.25) is 19.6 Å². The lowest BCUT2D eigenvalue weighted by Crippen LogP contribution is -2.20. The monoisotopic (exact) mass is 574 g/mol. The number of fused-ring (bicyclic) bond motifs is 1. The normalized spacial score (nSPS) is 12.3. The van der Waals surface area contributed by atoms with Gasteiger partial charge in [-0.2, -0.15) is 5.10 Å². The third-order valence-corrected chi connectivity index (χ3v) is 8.02. The van der Waals surface area contributed by atoms with Gasteiger partial charge < -0.3 is 0 Å². The van der Waals surface area contributed by atoms with Crippen molar-refractivity contribution in [2.75, 3.05) is 0 Å². The minimum Gasteiger partial charge on any atom is -0.283 e. The highest BCUT2D eigenvalue weighted by atomic mass is 32.1. The second-order valence-electron chi connectivity index (χ2n) is 9.76. The van der Waals surface area contributed by atoms with Crippen LogP contribution in [0.5, 0.6) is 0 Å². The van der Waals surface area contributed by atoms with Gasteiger partial charge >= 0.3 is 0 Å². The number of aromatic nitrogens is 3. The molecule has 0 N–H and O–H groups in total. The van der Waals surface area contributed by atoms with Crippen LogP contribution < -0.4 is 10.4 Å². The molecule has 0 aliphatic rings. The number of thiazole rings is 1. The lowest BCUT2D eigenvalue weighted by atomic mass is 10.0. The Kier molecular flexibility index (Phi) is 6.97. The molecule has 0 radical (unpaired) electrons. The van der Waals surface area contributed by atoms with E-state index >= 15 is 0 Å². The zero-order chi connectivity index (χ0) is 29.4. The molecule has 0 bridgehead atoms. The molecule has 10 heteroatoms. The Morgan fingerprint density at radius 2 is 1.64 bits per heavy atom. The number of nitro groups is 1. The molecule has 0 spiro atoms. The van der Waals surface area contributed by atoms with Crippen LogP contribution in [-0.4, -0.2) is 24.7 Å². The van der Waals surface area contributed by atoms with Crippen LogP contribution in [0.4, 0.5) is 11.4 Å². The average Bonchev–Trinajstić information content (AvgIpc) is 3.50. The lowest BCUT2D eigenvalue weighted by Gasteiger charge is -2.09. The first kappa shape index (κ1) is 26.9. The number of nitro benzene ring substituents is 1. The molecule has 0 saturated heterocycles. The van der Waals surface area contributed by atoms with Crippen molar-refractivity contribution in [1.82, 2.24) is 14.0 Å². The summed E-state index contributed by atoms with van der Waals surface area (Å²) in [4.78, 5) is 30.0. The standard InChI is InChI=1S/C32H26N6O3S/c1-21(24-13-9-16-26(19-24)38(40)41)34-36-29(28-18-10-12-23-11-7-8-17-27(23)28)20-42-32(36)33-30-22(2)35(3)37(31(30)39)25-14-5-4-6-15-25/h4-20H,1-3H3. The first-order valence-electron chi connectivity index (χ1n) is 13.2. The predicted molar refractivity (Wildman–Crippen MR) is 167 cm³/mol. The summed E-state index contributed by atoms with van der Waals surface area (Å²) in [5.41, 5.74) is 4.41. The maximum absolute atomic E-state index is 13.7. The Labute approximate surface area is 244 Å². The van der Waals surface area contributed by atoms with E-state index in [1.54, 1.807) is 33.1 Å². The summed E-state index contributed by atoms with van der Waals surface area (Å²) < 4.78 is 5.10. The van der Waals surface area contributed by atoms with Crippen LogP contribution in [0, 0.1) is 17.0 Å². The Hall–Kier alpha value is -5.35.